The first-order valence-corrected chi connectivity index (χ1v) is 7.76. The van der Waals surface area contributed by atoms with Gasteiger partial charge in [0.2, 0.25) is 0 Å². The number of hydrogen-bond acceptors (Lipinski definition) is 4. The molecule has 0 radical (unpaired) electrons. The third-order valence-corrected chi connectivity index (χ3v) is 5.73. The number of fused-ring (bicyclic) bond motifs is 1. The first-order chi connectivity index (χ1) is 9.92. The second kappa shape index (κ2) is 4.83. The Hall–Kier alpha value is -1.36. The van der Waals surface area contributed by atoms with Crippen molar-refractivity contribution in [2.24, 2.45) is 0 Å². The van der Waals surface area contributed by atoms with Crippen LogP contribution in [0.4, 0.5) is 0 Å². The van der Waals surface area contributed by atoms with E-state index in [1.807, 2.05) is 11.4 Å². The monoisotopic (exact) mass is 340 g/mol. The number of ether oxygens (including phenoxy) is 1. The summed E-state index contributed by atoms with van der Waals surface area (Å²) in [5, 5.41) is 2.05. The highest BCUT2D eigenvalue weighted by Gasteiger charge is 2.52. The van der Waals surface area contributed by atoms with Gasteiger partial charge < -0.3 is 4.74 Å². The zero-order valence-corrected chi connectivity index (χ0v) is 13.5. The first kappa shape index (κ1) is 14.6. The van der Waals surface area contributed by atoms with Crippen molar-refractivity contribution in [3.8, 4) is 5.75 Å². The molecular weight excluding hydrogens is 331 g/mol. The van der Waals surface area contributed by atoms with E-state index in [0.29, 0.717) is 4.88 Å². The summed E-state index contributed by atoms with van der Waals surface area (Å²) in [5.74, 6) is -0.307. The summed E-state index contributed by atoms with van der Waals surface area (Å²) in [7, 11) is 1.43. The summed E-state index contributed by atoms with van der Waals surface area (Å²) in [6.45, 7) is 1.63. The van der Waals surface area contributed by atoms with Gasteiger partial charge in [-0.2, -0.15) is 0 Å². The van der Waals surface area contributed by atoms with Gasteiger partial charge >= 0.3 is 0 Å². The molecule has 0 bridgehead atoms. The van der Waals surface area contributed by atoms with Crippen LogP contribution in [-0.2, 0) is 5.41 Å². The van der Waals surface area contributed by atoms with E-state index >= 15 is 0 Å². The maximum Gasteiger partial charge on any atom is 0.184 e. The Bertz CT molecular complexity index is 768. The fourth-order valence-corrected chi connectivity index (χ4v) is 3.95. The van der Waals surface area contributed by atoms with Crippen molar-refractivity contribution in [2.45, 2.75) is 12.3 Å². The number of rotatable bonds is 2. The van der Waals surface area contributed by atoms with E-state index < -0.39 is 5.41 Å². The molecule has 0 saturated carbocycles. The maximum absolute atomic E-state index is 12.8. The number of hydrogen-bond donors (Lipinski definition) is 0. The summed E-state index contributed by atoms with van der Waals surface area (Å²) in [5.41, 5.74) is -0.791. The molecule has 1 unspecified atom stereocenters. The molecule has 1 heterocycles. The van der Waals surface area contributed by atoms with Crippen molar-refractivity contribution in [1.29, 1.82) is 0 Å². The molecule has 0 spiro atoms. The Kier molecular flexibility index (Phi) is 3.35. The molecule has 3 rings (SSSR count). The van der Waals surface area contributed by atoms with Crippen LogP contribution in [0.3, 0.4) is 0 Å². The molecule has 1 aliphatic rings. The molecule has 0 saturated heterocycles. The van der Waals surface area contributed by atoms with Crippen LogP contribution in [0.25, 0.3) is 0 Å². The minimum Gasteiger partial charge on any atom is -0.495 e. The topological polar surface area (TPSA) is 43.4 Å². The molecule has 21 heavy (non-hydrogen) atoms. The number of thiophene rings is 1. The molecule has 6 heteroatoms. The van der Waals surface area contributed by atoms with Gasteiger partial charge in [0.25, 0.3) is 0 Å². The number of halogens is 2. The van der Waals surface area contributed by atoms with E-state index in [-0.39, 0.29) is 38.5 Å². The van der Waals surface area contributed by atoms with E-state index in [0.717, 1.165) is 0 Å². The van der Waals surface area contributed by atoms with Crippen LogP contribution in [0.5, 0.6) is 5.75 Å². The summed E-state index contributed by atoms with van der Waals surface area (Å²) in [6, 6.07) is 5.08. The Balaban J connectivity index is 2.29. The third kappa shape index (κ3) is 1.79. The number of ketones is 2. The van der Waals surface area contributed by atoms with Crippen molar-refractivity contribution in [3.05, 3.63) is 49.6 Å². The molecule has 1 aromatic heterocycles. The average molecular weight is 341 g/mol. The van der Waals surface area contributed by atoms with Crippen LogP contribution in [0.15, 0.2) is 23.6 Å². The molecule has 0 fully saturated rings. The van der Waals surface area contributed by atoms with Gasteiger partial charge in [0.15, 0.2) is 11.6 Å². The molecule has 0 amide bonds. The molecular formula is C15H10Cl2O3S. The van der Waals surface area contributed by atoms with Gasteiger partial charge in [0.1, 0.15) is 16.2 Å². The lowest BCUT2D eigenvalue weighted by molar-refractivity contribution is 0.0813. The van der Waals surface area contributed by atoms with E-state index in [1.165, 1.54) is 24.5 Å². The van der Waals surface area contributed by atoms with Gasteiger partial charge in [-0.25, -0.2) is 0 Å². The highest BCUT2D eigenvalue weighted by Crippen LogP contribution is 2.47. The normalized spacial score (nSPS) is 20.8. The van der Waals surface area contributed by atoms with Gasteiger partial charge in [-0.05, 0) is 24.4 Å². The van der Waals surface area contributed by atoms with E-state index in [9.17, 15) is 9.59 Å². The largest absolute Gasteiger partial charge is 0.495 e. The van der Waals surface area contributed by atoms with Crippen molar-refractivity contribution >= 4 is 46.1 Å². The average Bonchev–Trinajstić information content (AvgIpc) is 3.07. The van der Waals surface area contributed by atoms with Crippen molar-refractivity contribution in [3.63, 3.8) is 0 Å². The standard InChI is InChI=1S/C15H10Cl2O3S/c1-15(9-4-3-5-21-9)13(18)7-6-8(20-2)11(16)12(17)10(7)14(15)19/h3-6H,1-2H3. The molecule has 3 nitrogen and oxygen atoms in total. The minimum atomic E-state index is -1.24. The molecule has 0 aliphatic heterocycles. The van der Waals surface area contributed by atoms with Gasteiger partial charge in [-0.1, -0.05) is 29.3 Å². The van der Waals surface area contributed by atoms with Crippen LogP contribution in [-0.4, -0.2) is 18.7 Å². The van der Waals surface area contributed by atoms with E-state index in [4.69, 9.17) is 27.9 Å². The third-order valence-electron chi connectivity index (χ3n) is 3.79. The fourth-order valence-electron chi connectivity index (χ4n) is 2.56. The SMILES string of the molecule is COc1cc2c(c(Cl)c1Cl)C(=O)C(C)(c1cccs1)C2=O. The van der Waals surface area contributed by atoms with E-state index in [1.54, 1.807) is 13.0 Å². The minimum absolute atomic E-state index is 0.0737. The second-order valence-electron chi connectivity index (χ2n) is 4.89. The molecule has 1 aliphatic carbocycles. The number of carbonyl (C=O) groups excluding carboxylic acids is 2. The highest BCUT2D eigenvalue weighted by molar-refractivity contribution is 7.10. The number of carbonyl (C=O) groups is 2. The molecule has 2 aromatic rings. The van der Waals surface area contributed by atoms with Crippen LogP contribution in [0.1, 0.15) is 32.5 Å². The summed E-state index contributed by atoms with van der Waals surface area (Å²) >= 11 is 13.6. The Labute approximate surface area is 135 Å². The van der Waals surface area contributed by atoms with Gasteiger partial charge in [-0.3, -0.25) is 9.59 Å². The number of benzene rings is 1. The van der Waals surface area contributed by atoms with E-state index in [2.05, 4.69) is 0 Å². The van der Waals surface area contributed by atoms with Crippen LogP contribution in [0.2, 0.25) is 10.0 Å². The van der Waals surface area contributed by atoms with Gasteiger partial charge in [0.05, 0.1) is 17.7 Å². The summed E-state index contributed by atoms with van der Waals surface area (Å²) in [6.07, 6.45) is 0. The lowest BCUT2D eigenvalue weighted by Crippen LogP contribution is -2.33. The Morgan fingerprint density at radius 2 is 1.90 bits per heavy atom. The summed E-state index contributed by atoms with van der Waals surface area (Å²) in [4.78, 5) is 26.3. The fraction of sp³-hybridized carbons (Fsp3) is 0.200. The number of methoxy groups -OCH3 is 1. The predicted octanol–water partition coefficient (Wildman–Crippen LogP) is 4.40. The molecule has 0 N–H and O–H groups in total. The zero-order chi connectivity index (χ0) is 15.4. The second-order valence-corrected chi connectivity index (χ2v) is 6.59. The van der Waals surface area contributed by atoms with Crippen LogP contribution < -0.4 is 4.74 Å². The molecule has 1 atom stereocenters. The number of Topliss-reactive ketones (excluding diaryl/α,β-unsaturated/α-hetero) is 2. The lowest BCUT2D eigenvalue weighted by Gasteiger charge is -2.18. The van der Waals surface area contributed by atoms with Gasteiger partial charge in [-0.15, -0.1) is 11.3 Å². The smallest absolute Gasteiger partial charge is 0.184 e. The Morgan fingerprint density at radius 1 is 1.19 bits per heavy atom. The highest BCUT2D eigenvalue weighted by atomic mass is 35.5. The first-order valence-electron chi connectivity index (χ1n) is 6.12. The van der Waals surface area contributed by atoms with Crippen LogP contribution in [0, 0.1) is 0 Å². The molecule has 1 aromatic carbocycles. The van der Waals surface area contributed by atoms with Crippen LogP contribution >= 0.6 is 34.5 Å². The zero-order valence-electron chi connectivity index (χ0n) is 11.2. The maximum atomic E-state index is 12.8. The molecule has 108 valence electrons. The van der Waals surface area contributed by atoms with Crippen molar-refractivity contribution in [1.82, 2.24) is 0 Å². The predicted molar refractivity (Wildman–Crippen MR) is 83.3 cm³/mol. The Morgan fingerprint density at radius 3 is 2.48 bits per heavy atom. The quantitative estimate of drug-likeness (QED) is 0.761. The van der Waals surface area contributed by atoms with Crippen molar-refractivity contribution in [2.75, 3.05) is 7.11 Å². The summed E-state index contributed by atoms with van der Waals surface area (Å²) < 4.78 is 5.12. The van der Waals surface area contributed by atoms with Crippen molar-refractivity contribution < 1.29 is 14.3 Å². The van der Waals surface area contributed by atoms with Gasteiger partial charge in [0, 0.05) is 10.4 Å². The lowest BCUT2D eigenvalue weighted by atomic mass is 9.83.